The van der Waals surface area contributed by atoms with Crippen molar-refractivity contribution >= 4 is 28.7 Å². The van der Waals surface area contributed by atoms with Gasteiger partial charge in [-0.15, -0.1) is 0 Å². The monoisotopic (exact) mass is 454 g/mol. The van der Waals surface area contributed by atoms with Crippen LogP contribution in [0.1, 0.15) is 34.5 Å². The molecule has 33 heavy (non-hydrogen) atoms. The minimum absolute atomic E-state index is 0.0938. The van der Waals surface area contributed by atoms with Gasteiger partial charge in [0.25, 0.3) is 5.91 Å². The number of rotatable bonds is 7. The molecule has 0 aliphatic heterocycles. The van der Waals surface area contributed by atoms with E-state index in [0.717, 1.165) is 33.0 Å². The maximum atomic E-state index is 13.1. The minimum atomic E-state index is -0.140. The van der Waals surface area contributed by atoms with Gasteiger partial charge in [0.1, 0.15) is 12.7 Å². The van der Waals surface area contributed by atoms with Gasteiger partial charge >= 0.3 is 0 Å². The first-order valence-corrected chi connectivity index (χ1v) is 11.6. The molecule has 0 radical (unpaired) electrons. The molecule has 2 heterocycles. The predicted molar refractivity (Wildman–Crippen MR) is 129 cm³/mol. The van der Waals surface area contributed by atoms with Gasteiger partial charge in [0, 0.05) is 11.3 Å². The molecule has 5 rings (SSSR count). The summed E-state index contributed by atoms with van der Waals surface area (Å²) >= 11 is 1.59. The molecule has 3 aromatic carbocycles. The number of amides is 1. The third-order valence-corrected chi connectivity index (χ3v) is 6.34. The first kappa shape index (κ1) is 21.0. The highest BCUT2D eigenvalue weighted by Gasteiger charge is 2.15. The third kappa shape index (κ3) is 4.65. The summed E-state index contributed by atoms with van der Waals surface area (Å²) in [6.45, 7) is 1.98. The summed E-state index contributed by atoms with van der Waals surface area (Å²) in [5, 5.41) is 8.10. The first-order valence-electron chi connectivity index (χ1n) is 10.6. The lowest BCUT2D eigenvalue weighted by Crippen LogP contribution is -2.27. The molecule has 8 heteroatoms. The lowest BCUT2D eigenvalue weighted by Gasteiger charge is -2.16. The number of nitrogens with zero attached hydrogens (tertiary/aromatic N) is 4. The van der Waals surface area contributed by atoms with Crippen molar-refractivity contribution in [2.24, 2.45) is 0 Å². The standard InChI is InChI=1S/C25H22N6OS/c1-17(18-10-12-20(13-11-18)31-16-26-15-27-31)28-24(32)21-7-3-2-6-19(21)14-33-25-29-22-8-4-5-9-23(22)30-25/h2-13,15-17H,14H2,1H3,(H,28,32)(H,29,30). The van der Waals surface area contributed by atoms with Crippen molar-refractivity contribution in [3.63, 3.8) is 0 Å². The molecule has 7 nitrogen and oxygen atoms in total. The summed E-state index contributed by atoms with van der Waals surface area (Å²) in [5.74, 6) is 0.549. The number of aromatic amines is 1. The van der Waals surface area contributed by atoms with Gasteiger partial charge in [-0.2, -0.15) is 5.10 Å². The minimum Gasteiger partial charge on any atom is -0.346 e. The van der Waals surface area contributed by atoms with E-state index < -0.39 is 0 Å². The van der Waals surface area contributed by atoms with Crippen molar-refractivity contribution in [2.75, 3.05) is 0 Å². The number of para-hydroxylation sites is 2. The van der Waals surface area contributed by atoms with E-state index in [1.54, 1.807) is 22.8 Å². The maximum absolute atomic E-state index is 13.1. The Balaban J connectivity index is 1.26. The third-order valence-electron chi connectivity index (χ3n) is 5.42. The van der Waals surface area contributed by atoms with E-state index in [1.165, 1.54) is 6.33 Å². The van der Waals surface area contributed by atoms with Crippen LogP contribution in [0.25, 0.3) is 16.7 Å². The van der Waals surface area contributed by atoms with Crippen LogP contribution in [0.4, 0.5) is 0 Å². The predicted octanol–water partition coefficient (Wildman–Crippen LogP) is 4.93. The Morgan fingerprint density at radius 2 is 1.85 bits per heavy atom. The van der Waals surface area contributed by atoms with Gasteiger partial charge < -0.3 is 10.3 Å². The van der Waals surface area contributed by atoms with Crippen LogP contribution in [0.3, 0.4) is 0 Å². The molecule has 164 valence electrons. The van der Waals surface area contributed by atoms with E-state index in [0.29, 0.717) is 11.3 Å². The van der Waals surface area contributed by atoms with Gasteiger partial charge in [-0.1, -0.05) is 54.2 Å². The topological polar surface area (TPSA) is 88.5 Å². The van der Waals surface area contributed by atoms with Gasteiger partial charge in [0.2, 0.25) is 0 Å². The van der Waals surface area contributed by atoms with Crippen molar-refractivity contribution < 1.29 is 4.79 Å². The molecule has 1 unspecified atom stereocenters. The van der Waals surface area contributed by atoms with Crippen molar-refractivity contribution in [1.82, 2.24) is 30.0 Å². The summed E-state index contributed by atoms with van der Waals surface area (Å²) in [4.78, 5) is 25.0. The lowest BCUT2D eigenvalue weighted by atomic mass is 10.1. The number of imidazole rings is 1. The van der Waals surface area contributed by atoms with Crippen molar-refractivity contribution in [3.05, 3.63) is 102 Å². The fraction of sp³-hybridized carbons (Fsp3) is 0.120. The normalized spacial score (nSPS) is 12.0. The second-order valence-corrected chi connectivity index (χ2v) is 8.60. The average molecular weight is 455 g/mol. The first-order chi connectivity index (χ1) is 16.2. The number of thioether (sulfide) groups is 1. The fourth-order valence-electron chi connectivity index (χ4n) is 3.63. The van der Waals surface area contributed by atoms with Crippen LogP contribution in [0.2, 0.25) is 0 Å². The van der Waals surface area contributed by atoms with Crippen LogP contribution >= 0.6 is 11.8 Å². The average Bonchev–Trinajstić information content (AvgIpc) is 3.53. The van der Waals surface area contributed by atoms with E-state index in [9.17, 15) is 4.79 Å². The molecule has 5 aromatic rings. The lowest BCUT2D eigenvalue weighted by molar-refractivity contribution is 0.0939. The molecule has 0 saturated carbocycles. The SMILES string of the molecule is CC(NC(=O)c1ccccc1CSc1nc2ccccc2[nH]1)c1ccc(-n2cncn2)cc1. The van der Waals surface area contributed by atoms with Crippen molar-refractivity contribution in [3.8, 4) is 5.69 Å². The zero-order valence-electron chi connectivity index (χ0n) is 18.0. The molecule has 0 bridgehead atoms. The number of carbonyl (C=O) groups excluding carboxylic acids is 1. The van der Waals surface area contributed by atoms with Gasteiger partial charge in [0.05, 0.1) is 22.8 Å². The maximum Gasteiger partial charge on any atom is 0.252 e. The number of hydrogen-bond donors (Lipinski definition) is 2. The van der Waals surface area contributed by atoms with Crippen molar-refractivity contribution in [1.29, 1.82) is 0 Å². The highest BCUT2D eigenvalue weighted by atomic mass is 32.2. The Bertz CT molecular complexity index is 1340. The van der Waals surface area contributed by atoms with Gasteiger partial charge in [-0.3, -0.25) is 4.79 Å². The van der Waals surface area contributed by atoms with Gasteiger partial charge in [-0.05, 0) is 48.4 Å². The highest BCUT2D eigenvalue weighted by molar-refractivity contribution is 7.98. The summed E-state index contributed by atoms with van der Waals surface area (Å²) in [6.07, 6.45) is 3.15. The van der Waals surface area contributed by atoms with Crippen LogP contribution in [-0.2, 0) is 5.75 Å². The van der Waals surface area contributed by atoms with E-state index in [1.807, 2.05) is 79.7 Å². The Morgan fingerprint density at radius 3 is 2.64 bits per heavy atom. The van der Waals surface area contributed by atoms with E-state index in [2.05, 4.69) is 25.4 Å². The van der Waals surface area contributed by atoms with Crippen LogP contribution in [0.15, 0.2) is 90.6 Å². The van der Waals surface area contributed by atoms with Crippen LogP contribution < -0.4 is 5.32 Å². The largest absolute Gasteiger partial charge is 0.346 e. The van der Waals surface area contributed by atoms with Gasteiger partial charge in [-0.25, -0.2) is 14.6 Å². The molecular weight excluding hydrogens is 432 g/mol. The smallest absolute Gasteiger partial charge is 0.252 e. The molecule has 0 aliphatic carbocycles. The Hall–Kier alpha value is -3.91. The number of hydrogen-bond acceptors (Lipinski definition) is 5. The van der Waals surface area contributed by atoms with Crippen LogP contribution in [0.5, 0.6) is 0 Å². The molecule has 0 aliphatic rings. The van der Waals surface area contributed by atoms with Gasteiger partial charge in [0.15, 0.2) is 5.16 Å². The Morgan fingerprint density at radius 1 is 1.06 bits per heavy atom. The summed E-state index contributed by atoms with van der Waals surface area (Å²) < 4.78 is 1.70. The van der Waals surface area contributed by atoms with E-state index in [-0.39, 0.29) is 11.9 Å². The van der Waals surface area contributed by atoms with Crippen LogP contribution in [0, 0.1) is 0 Å². The molecule has 1 atom stereocenters. The van der Waals surface area contributed by atoms with E-state index >= 15 is 0 Å². The summed E-state index contributed by atoms with van der Waals surface area (Å²) in [7, 11) is 0. The summed E-state index contributed by atoms with van der Waals surface area (Å²) in [5.41, 5.74) is 5.52. The van der Waals surface area contributed by atoms with Crippen molar-refractivity contribution in [2.45, 2.75) is 23.9 Å². The second-order valence-electron chi connectivity index (χ2n) is 7.63. The molecule has 0 spiro atoms. The number of nitrogens with one attached hydrogen (secondary N) is 2. The van der Waals surface area contributed by atoms with E-state index in [4.69, 9.17) is 0 Å². The zero-order chi connectivity index (χ0) is 22.6. The Labute approximate surface area is 195 Å². The highest BCUT2D eigenvalue weighted by Crippen LogP contribution is 2.25. The number of aromatic nitrogens is 5. The second kappa shape index (κ2) is 9.30. The van der Waals surface area contributed by atoms with Crippen LogP contribution in [-0.4, -0.2) is 30.6 Å². The zero-order valence-corrected chi connectivity index (χ0v) is 18.8. The Kier molecular flexibility index (Phi) is 5.91. The molecule has 2 aromatic heterocycles. The molecule has 1 amide bonds. The molecule has 2 N–H and O–H groups in total. The molecule has 0 fully saturated rings. The summed E-state index contributed by atoms with van der Waals surface area (Å²) in [6, 6.07) is 23.4. The number of carbonyl (C=O) groups is 1. The number of fused-ring (bicyclic) bond motifs is 1. The number of H-pyrrole nitrogens is 1. The fourth-order valence-corrected chi connectivity index (χ4v) is 4.52. The molecule has 0 saturated heterocycles. The molecular formula is C25H22N6OS. The number of benzene rings is 3. The quantitative estimate of drug-likeness (QED) is 0.341.